The fourth-order valence-corrected chi connectivity index (χ4v) is 4.33. The molecule has 0 aliphatic heterocycles. The highest BCUT2D eigenvalue weighted by Gasteiger charge is 2.31. The molecule has 1 aliphatic carbocycles. The molecule has 0 aromatic heterocycles. The first-order chi connectivity index (χ1) is 11.3. The first-order valence-electron chi connectivity index (χ1n) is 7.54. The third kappa shape index (κ3) is 4.78. The lowest BCUT2D eigenvalue weighted by Gasteiger charge is -2.31. The first kappa shape index (κ1) is 21.6. The summed E-state index contributed by atoms with van der Waals surface area (Å²) >= 11 is 0. The standard InChI is InChI=1S/C14H20FN3O5S.ClH/c1-23-14-11(15)6-10(7-13(14)18(19)20)24(21,22)17-12-5-3-2-4-9(12)8-16;/h6-7,9,12,17H,2-5,8,16H2,1H3;1H. The van der Waals surface area contributed by atoms with Crippen molar-refractivity contribution >= 4 is 28.1 Å². The normalized spacial score (nSPS) is 20.6. The number of hydrogen-bond acceptors (Lipinski definition) is 6. The number of rotatable bonds is 6. The van der Waals surface area contributed by atoms with Gasteiger partial charge in [0.05, 0.1) is 16.9 Å². The van der Waals surface area contributed by atoms with E-state index in [4.69, 9.17) is 5.73 Å². The van der Waals surface area contributed by atoms with E-state index in [1.807, 2.05) is 0 Å². The molecule has 1 saturated carbocycles. The van der Waals surface area contributed by atoms with Crippen molar-refractivity contribution in [1.82, 2.24) is 4.72 Å². The summed E-state index contributed by atoms with van der Waals surface area (Å²) < 4.78 is 46.1. The lowest BCUT2D eigenvalue weighted by atomic mass is 9.85. The lowest BCUT2D eigenvalue weighted by Crippen LogP contribution is -2.44. The molecule has 3 N–H and O–H groups in total. The number of benzene rings is 1. The van der Waals surface area contributed by atoms with Crippen LogP contribution < -0.4 is 15.2 Å². The van der Waals surface area contributed by atoms with Gasteiger partial charge in [0.25, 0.3) is 0 Å². The van der Waals surface area contributed by atoms with Crippen molar-refractivity contribution in [3.05, 3.63) is 28.1 Å². The number of sulfonamides is 1. The third-order valence-corrected chi connectivity index (χ3v) is 5.70. The van der Waals surface area contributed by atoms with Crippen LogP contribution in [0.2, 0.25) is 0 Å². The Hall–Kier alpha value is -1.49. The molecule has 0 spiro atoms. The predicted molar refractivity (Wildman–Crippen MR) is 92.0 cm³/mol. The minimum absolute atomic E-state index is 0. The number of nitro benzene ring substituents is 1. The Morgan fingerprint density at radius 3 is 2.60 bits per heavy atom. The second-order valence-electron chi connectivity index (χ2n) is 5.72. The van der Waals surface area contributed by atoms with E-state index in [1.165, 1.54) is 0 Å². The van der Waals surface area contributed by atoms with Gasteiger partial charge in [-0.1, -0.05) is 12.8 Å². The molecule has 0 radical (unpaired) electrons. The number of ether oxygens (including phenoxy) is 1. The molecule has 0 bridgehead atoms. The average molecular weight is 398 g/mol. The summed E-state index contributed by atoms with van der Waals surface area (Å²) in [6, 6.07) is 1.15. The van der Waals surface area contributed by atoms with E-state index >= 15 is 0 Å². The average Bonchev–Trinajstić information content (AvgIpc) is 2.54. The fraction of sp³-hybridized carbons (Fsp3) is 0.571. The van der Waals surface area contributed by atoms with Gasteiger partial charge < -0.3 is 10.5 Å². The maximum absolute atomic E-state index is 14.0. The van der Waals surface area contributed by atoms with Crippen LogP contribution in [0.3, 0.4) is 0 Å². The van der Waals surface area contributed by atoms with Gasteiger partial charge >= 0.3 is 5.69 Å². The smallest absolute Gasteiger partial charge is 0.315 e. The molecule has 11 heteroatoms. The number of nitro groups is 1. The van der Waals surface area contributed by atoms with Gasteiger partial charge in [0, 0.05) is 12.1 Å². The van der Waals surface area contributed by atoms with Gasteiger partial charge in [0.1, 0.15) is 0 Å². The molecule has 0 saturated heterocycles. The van der Waals surface area contributed by atoms with Gasteiger partial charge in [-0.3, -0.25) is 10.1 Å². The van der Waals surface area contributed by atoms with Crippen LogP contribution >= 0.6 is 12.4 Å². The largest absolute Gasteiger partial charge is 0.488 e. The zero-order chi connectivity index (χ0) is 17.9. The Bertz CT molecular complexity index is 731. The monoisotopic (exact) mass is 397 g/mol. The van der Waals surface area contributed by atoms with Crippen LogP contribution in [0.4, 0.5) is 10.1 Å². The van der Waals surface area contributed by atoms with Gasteiger partial charge in [-0.25, -0.2) is 17.5 Å². The van der Waals surface area contributed by atoms with Gasteiger partial charge in [-0.2, -0.15) is 0 Å². The Balaban J connectivity index is 0.00000312. The van der Waals surface area contributed by atoms with E-state index in [9.17, 15) is 22.9 Å². The van der Waals surface area contributed by atoms with Crippen LogP contribution in [0, 0.1) is 21.8 Å². The van der Waals surface area contributed by atoms with Gasteiger partial charge in [0.15, 0.2) is 5.82 Å². The molecule has 2 unspecified atom stereocenters. The van der Waals surface area contributed by atoms with Crippen LogP contribution in [0.15, 0.2) is 17.0 Å². The molecule has 2 rings (SSSR count). The lowest BCUT2D eigenvalue weighted by molar-refractivity contribution is -0.386. The van der Waals surface area contributed by atoms with Crippen molar-refractivity contribution in [2.75, 3.05) is 13.7 Å². The highest BCUT2D eigenvalue weighted by atomic mass is 35.5. The number of methoxy groups -OCH3 is 1. The van der Waals surface area contributed by atoms with E-state index in [2.05, 4.69) is 9.46 Å². The predicted octanol–water partition coefficient (Wildman–Crippen LogP) is 1.96. The van der Waals surface area contributed by atoms with Crippen molar-refractivity contribution in [3.63, 3.8) is 0 Å². The maximum Gasteiger partial charge on any atom is 0.315 e. The number of nitrogens with zero attached hydrogens (tertiary/aromatic N) is 1. The molecule has 2 atom stereocenters. The van der Waals surface area contributed by atoms with E-state index in [1.54, 1.807) is 0 Å². The van der Waals surface area contributed by atoms with E-state index in [0.717, 1.165) is 32.4 Å². The first-order valence-corrected chi connectivity index (χ1v) is 9.02. The molecule has 1 fully saturated rings. The van der Waals surface area contributed by atoms with Crippen molar-refractivity contribution < 1.29 is 22.5 Å². The van der Waals surface area contributed by atoms with Crippen molar-refractivity contribution in [3.8, 4) is 5.75 Å². The van der Waals surface area contributed by atoms with E-state index < -0.39 is 37.1 Å². The minimum atomic E-state index is -4.11. The second-order valence-corrected chi connectivity index (χ2v) is 7.44. The molecular formula is C14H21ClFN3O5S. The summed E-state index contributed by atoms with van der Waals surface area (Å²) in [5, 5.41) is 11.0. The Morgan fingerprint density at radius 2 is 2.04 bits per heavy atom. The summed E-state index contributed by atoms with van der Waals surface area (Å²) in [6.07, 6.45) is 3.27. The van der Waals surface area contributed by atoms with Crippen LogP contribution in [0.5, 0.6) is 5.75 Å². The summed E-state index contributed by atoms with van der Waals surface area (Å²) in [5.41, 5.74) is 4.94. The zero-order valence-corrected chi connectivity index (χ0v) is 15.2. The molecule has 0 heterocycles. The Labute approximate surface area is 151 Å². The van der Waals surface area contributed by atoms with Crippen molar-refractivity contribution in [1.29, 1.82) is 0 Å². The van der Waals surface area contributed by atoms with E-state index in [-0.39, 0.29) is 24.4 Å². The molecule has 0 amide bonds. The molecule has 25 heavy (non-hydrogen) atoms. The van der Waals surface area contributed by atoms with Crippen LogP contribution in [0.25, 0.3) is 0 Å². The summed E-state index contributed by atoms with van der Waals surface area (Å²) in [7, 11) is -3.04. The Kier molecular flexibility index (Phi) is 7.54. The van der Waals surface area contributed by atoms with Crippen molar-refractivity contribution in [2.24, 2.45) is 11.7 Å². The molecular weight excluding hydrogens is 377 g/mol. The van der Waals surface area contributed by atoms with Gasteiger partial charge in [-0.15, -0.1) is 12.4 Å². The van der Waals surface area contributed by atoms with Crippen LogP contribution in [-0.2, 0) is 10.0 Å². The van der Waals surface area contributed by atoms with Gasteiger partial charge in [-0.05, 0) is 31.4 Å². The fourth-order valence-electron chi connectivity index (χ4n) is 2.96. The van der Waals surface area contributed by atoms with Crippen LogP contribution in [0.1, 0.15) is 25.7 Å². The highest BCUT2D eigenvalue weighted by Crippen LogP contribution is 2.33. The zero-order valence-electron chi connectivity index (χ0n) is 13.6. The maximum atomic E-state index is 14.0. The third-order valence-electron chi connectivity index (χ3n) is 4.23. The van der Waals surface area contributed by atoms with Gasteiger partial charge in [0.2, 0.25) is 15.8 Å². The summed E-state index contributed by atoms with van der Waals surface area (Å²) in [6.45, 7) is 0.338. The molecule has 1 aromatic rings. The number of nitrogens with two attached hydrogens (primary N) is 1. The summed E-state index contributed by atoms with van der Waals surface area (Å²) in [5.74, 6) is -1.71. The second kappa shape index (κ2) is 8.75. The van der Waals surface area contributed by atoms with Crippen LogP contribution in [-0.4, -0.2) is 33.0 Å². The number of hydrogen-bond donors (Lipinski definition) is 2. The minimum Gasteiger partial charge on any atom is -0.488 e. The summed E-state index contributed by atoms with van der Waals surface area (Å²) in [4.78, 5) is 9.64. The topological polar surface area (TPSA) is 125 Å². The number of halogens is 2. The van der Waals surface area contributed by atoms with Crippen molar-refractivity contribution in [2.45, 2.75) is 36.6 Å². The highest BCUT2D eigenvalue weighted by molar-refractivity contribution is 7.89. The Morgan fingerprint density at radius 1 is 1.40 bits per heavy atom. The molecule has 142 valence electrons. The molecule has 1 aromatic carbocycles. The van der Waals surface area contributed by atoms with E-state index in [0.29, 0.717) is 19.0 Å². The molecule has 1 aliphatic rings. The quantitative estimate of drug-likeness (QED) is 0.558. The molecule has 8 nitrogen and oxygen atoms in total. The SMILES string of the molecule is COc1c(F)cc(S(=O)(=O)NC2CCCCC2CN)cc1[N+](=O)[O-].Cl. The number of nitrogens with one attached hydrogen (secondary N) is 1.